The van der Waals surface area contributed by atoms with E-state index in [0.717, 1.165) is 11.8 Å². The summed E-state index contributed by atoms with van der Waals surface area (Å²) < 4.78 is 0. The Morgan fingerprint density at radius 1 is 1.12 bits per heavy atom. The molecule has 1 aliphatic carbocycles. The van der Waals surface area contributed by atoms with Gasteiger partial charge in [-0.1, -0.05) is 0 Å². The van der Waals surface area contributed by atoms with E-state index in [9.17, 15) is 0 Å². The Hall–Kier alpha value is -0.0400. The summed E-state index contributed by atoms with van der Waals surface area (Å²) in [6, 6.07) is 0. The summed E-state index contributed by atoms with van der Waals surface area (Å²) in [5, 5.41) is 3.40. The van der Waals surface area contributed by atoms with E-state index in [1.54, 1.807) is 0 Å². The van der Waals surface area contributed by atoms with E-state index < -0.39 is 0 Å². The number of rotatable bonds is 0. The van der Waals surface area contributed by atoms with Gasteiger partial charge in [-0.3, -0.25) is 0 Å². The topological polar surface area (TPSA) is 12.0 Å². The van der Waals surface area contributed by atoms with E-state index in [1.165, 1.54) is 25.9 Å². The van der Waals surface area contributed by atoms with E-state index in [4.69, 9.17) is 0 Å². The Morgan fingerprint density at radius 3 is 2.38 bits per heavy atom. The lowest BCUT2D eigenvalue weighted by Crippen LogP contribution is -2.09. The van der Waals surface area contributed by atoms with Gasteiger partial charge >= 0.3 is 0 Å². The fourth-order valence-electron chi connectivity index (χ4n) is 1.86. The highest BCUT2D eigenvalue weighted by Gasteiger charge is 2.30. The third-order valence-corrected chi connectivity index (χ3v) is 2.42. The predicted molar refractivity (Wildman–Crippen MR) is 33.4 cm³/mol. The van der Waals surface area contributed by atoms with Gasteiger partial charge in [0.1, 0.15) is 0 Å². The maximum atomic E-state index is 3.40. The van der Waals surface area contributed by atoms with E-state index in [-0.39, 0.29) is 0 Å². The second-order valence-electron chi connectivity index (χ2n) is 2.94. The van der Waals surface area contributed by atoms with Gasteiger partial charge in [0.15, 0.2) is 0 Å². The Kier molecular flexibility index (Phi) is 1.04. The van der Waals surface area contributed by atoms with Gasteiger partial charge in [0, 0.05) is 0 Å². The molecule has 1 N–H and O–H groups in total. The Balaban J connectivity index is 2.04. The van der Waals surface area contributed by atoms with Gasteiger partial charge in [0.25, 0.3) is 0 Å². The lowest BCUT2D eigenvalue weighted by atomic mass is 10.0. The van der Waals surface area contributed by atoms with Gasteiger partial charge in [-0.15, -0.1) is 0 Å². The molecule has 1 saturated heterocycles. The van der Waals surface area contributed by atoms with E-state index in [0.29, 0.717) is 0 Å². The molecule has 8 heavy (non-hydrogen) atoms. The first-order valence-corrected chi connectivity index (χ1v) is 3.49. The molecule has 2 unspecified atom stereocenters. The van der Waals surface area contributed by atoms with Crippen LogP contribution in [-0.4, -0.2) is 13.1 Å². The zero-order valence-electron chi connectivity index (χ0n) is 5.06. The first-order valence-electron chi connectivity index (χ1n) is 3.49. The average molecular weight is 110 g/mol. The molecule has 1 heterocycles. The Bertz CT molecular complexity index is 70.4. The molecular weight excluding hydrogens is 98.1 g/mol. The van der Waals surface area contributed by atoms with Crippen LogP contribution in [0.15, 0.2) is 0 Å². The average Bonchev–Trinajstić information content (AvgIpc) is 2.15. The molecule has 1 radical (unpaired) electrons. The minimum atomic E-state index is 1.01. The van der Waals surface area contributed by atoms with Gasteiger partial charge in [-0.05, 0) is 44.2 Å². The zero-order chi connectivity index (χ0) is 5.40. The summed E-state index contributed by atoms with van der Waals surface area (Å²) in [6.45, 7) is 2.56. The smallest absolute Gasteiger partial charge is 0.00172 e. The van der Waals surface area contributed by atoms with E-state index in [1.807, 2.05) is 0 Å². The number of fused-ring (bicyclic) bond motifs is 1. The molecule has 1 saturated carbocycles. The van der Waals surface area contributed by atoms with Crippen molar-refractivity contribution in [1.29, 1.82) is 0 Å². The molecule has 2 fully saturated rings. The maximum Gasteiger partial charge on any atom is -0.00172 e. The zero-order valence-corrected chi connectivity index (χ0v) is 5.06. The third-order valence-electron chi connectivity index (χ3n) is 2.42. The van der Waals surface area contributed by atoms with Crippen LogP contribution >= 0.6 is 0 Å². The van der Waals surface area contributed by atoms with Gasteiger partial charge in [-0.2, -0.15) is 0 Å². The van der Waals surface area contributed by atoms with Crippen LogP contribution in [0.25, 0.3) is 0 Å². The molecule has 2 rings (SSSR count). The Morgan fingerprint density at radius 2 is 1.75 bits per heavy atom. The summed E-state index contributed by atoms with van der Waals surface area (Å²) >= 11 is 0. The van der Waals surface area contributed by atoms with Gasteiger partial charge in [0.05, 0.1) is 0 Å². The number of hydrogen-bond acceptors (Lipinski definition) is 1. The van der Waals surface area contributed by atoms with E-state index in [2.05, 4.69) is 11.7 Å². The normalized spacial score (nSPS) is 45.0. The summed E-state index contributed by atoms with van der Waals surface area (Å²) in [5.74, 6) is 2.02. The first-order chi connectivity index (χ1) is 3.97. The lowest BCUT2D eigenvalue weighted by molar-refractivity contribution is 0.494. The van der Waals surface area contributed by atoms with Crippen LogP contribution in [0.4, 0.5) is 0 Å². The van der Waals surface area contributed by atoms with Crippen molar-refractivity contribution in [2.75, 3.05) is 13.1 Å². The number of nitrogens with one attached hydrogen (secondary N) is 1. The van der Waals surface area contributed by atoms with Gasteiger partial charge in [0.2, 0.25) is 0 Å². The molecule has 1 aliphatic heterocycles. The van der Waals surface area contributed by atoms with Crippen molar-refractivity contribution >= 4 is 0 Å². The van der Waals surface area contributed by atoms with E-state index >= 15 is 0 Å². The standard InChI is InChI=1S/C7H12N/c1-2-6-4-8-5-7(6)3-1/h1,6-8H,2-5H2. The highest BCUT2D eigenvalue weighted by Crippen LogP contribution is 2.32. The molecule has 45 valence electrons. The van der Waals surface area contributed by atoms with Crippen LogP contribution in [0.3, 0.4) is 0 Å². The summed E-state index contributed by atoms with van der Waals surface area (Å²) in [7, 11) is 0. The maximum absolute atomic E-state index is 3.40. The van der Waals surface area contributed by atoms with Crippen LogP contribution in [0.5, 0.6) is 0 Å². The lowest BCUT2D eigenvalue weighted by Gasteiger charge is -2.02. The summed E-state index contributed by atoms with van der Waals surface area (Å²) in [4.78, 5) is 0. The molecular formula is C7H12N. The molecule has 0 bridgehead atoms. The quantitative estimate of drug-likeness (QED) is 0.487. The van der Waals surface area contributed by atoms with Crippen LogP contribution in [0.2, 0.25) is 0 Å². The fourth-order valence-corrected chi connectivity index (χ4v) is 1.86. The van der Waals surface area contributed by atoms with Crippen molar-refractivity contribution in [2.24, 2.45) is 11.8 Å². The molecule has 2 aliphatic rings. The molecule has 0 aromatic heterocycles. The predicted octanol–water partition coefficient (Wildman–Crippen LogP) is 0.820. The summed E-state index contributed by atoms with van der Waals surface area (Å²) in [5.41, 5.74) is 0. The van der Waals surface area contributed by atoms with Crippen molar-refractivity contribution in [1.82, 2.24) is 5.32 Å². The minimum Gasteiger partial charge on any atom is -0.316 e. The molecule has 0 aromatic rings. The highest BCUT2D eigenvalue weighted by atomic mass is 14.9. The first kappa shape index (κ1) is 4.80. The molecule has 0 aromatic carbocycles. The van der Waals surface area contributed by atoms with Crippen molar-refractivity contribution < 1.29 is 0 Å². The van der Waals surface area contributed by atoms with Gasteiger partial charge < -0.3 is 5.32 Å². The van der Waals surface area contributed by atoms with Crippen LogP contribution in [-0.2, 0) is 0 Å². The molecule has 2 atom stereocenters. The molecule has 0 amide bonds. The Labute approximate surface area is 50.5 Å². The van der Waals surface area contributed by atoms with Crippen molar-refractivity contribution in [3.8, 4) is 0 Å². The van der Waals surface area contributed by atoms with Crippen LogP contribution < -0.4 is 5.32 Å². The van der Waals surface area contributed by atoms with Gasteiger partial charge in [-0.25, -0.2) is 0 Å². The third kappa shape index (κ3) is 0.576. The second kappa shape index (κ2) is 1.73. The fraction of sp³-hybridized carbons (Fsp3) is 0.857. The monoisotopic (exact) mass is 110 g/mol. The molecule has 1 nitrogen and oxygen atoms in total. The molecule has 1 heteroatoms. The number of hydrogen-bond donors (Lipinski definition) is 1. The van der Waals surface area contributed by atoms with Crippen molar-refractivity contribution in [2.45, 2.75) is 12.8 Å². The second-order valence-corrected chi connectivity index (χ2v) is 2.94. The van der Waals surface area contributed by atoms with Crippen LogP contribution in [0.1, 0.15) is 12.8 Å². The molecule has 0 spiro atoms. The SMILES string of the molecule is [CH]1CC2CNCC2C1. The summed E-state index contributed by atoms with van der Waals surface area (Å²) in [6.07, 6.45) is 5.19. The largest absolute Gasteiger partial charge is 0.316 e. The van der Waals surface area contributed by atoms with Crippen molar-refractivity contribution in [3.05, 3.63) is 6.42 Å². The minimum absolute atomic E-state index is 1.01. The van der Waals surface area contributed by atoms with Crippen molar-refractivity contribution in [3.63, 3.8) is 0 Å². The highest BCUT2D eigenvalue weighted by molar-refractivity contribution is 4.93. The van der Waals surface area contributed by atoms with Crippen LogP contribution in [0, 0.1) is 18.3 Å².